The maximum Gasteiger partial charge on any atom is 0.426 e. The van der Waals surface area contributed by atoms with Crippen LogP contribution < -0.4 is 9.47 Å². The van der Waals surface area contributed by atoms with E-state index < -0.39 is 52.8 Å². The summed E-state index contributed by atoms with van der Waals surface area (Å²) in [7, 11) is 4.35. The molecule has 3 unspecified atom stereocenters. The lowest BCUT2D eigenvalue weighted by molar-refractivity contribution is -0.409. The second-order valence-corrected chi connectivity index (χ2v) is 10.5. The number of ether oxygens (including phenoxy) is 3. The molecule has 0 aromatic heterocycles. The Morgan fingerprint density at radius 1 is 1.09 bits per heavy atom. The van der Waals surface area contributed by atoms with Crippen LogP contribution in [0, 0.1) is 11.3 Å². The molecule has 2 fully saturated rings. The molecule has 2 spiro atoms. The third-order valence-electron chi connectivity index (χ3n) is 9.65. The zero-order chi connectivity index (χ0) is 25.4. The van der Waals surface area contributed by atoms with Crippen molar-refractivity contribution in [1.82, 2.24) is 4.90 Å². The van der Waals surface area contributed by atoms with Gasteiger partial charge in [-0.25, -0.2) is 0 Å². The van der Waals surface area contributed by atoms with Gasteiger partial charge in [-0.1, -0.05) is 18.2 Å². The lowest BCUT2D eigenvalue weighted by Gasteiger charge is -2.72. The molecule has 2 aliphatic heterocycles. The molecule has 1 aromatic rings. The topological polar surface area (TPSA) is 51.2 Å². The number of nitrogens with zero attached hydrogens (tertiary/aromatic N) is 1. The van der Waals surface area contributed by atoms with Crippen LogP contribution in [0.5, 0.6) is 11.5 Å². The first kappa shape index (κ1) is 23.4. The molecule has 1 N–H and O–H groups in total. The Hall–Kier alpha value is -1.98. The Labute approximate surface area is 197 Å². The first-order chi connectivity index (χ1) is 16.2. The van der Waals surface area contributed by atoms with Crippen LogP contribution in [0.25, 0.3) is 0 Å². The van der Waals surface area contributed by atoms with Crippen LogP contribution in [0.2, 0.25) is 0 Å². The van der Waals surface area contributed by atoms with E-state index in [0.717, 1.165) is 18.2 Å². The third-order valence-corrected chi connectivity index (χ3v) is 9.65. The van der Waals surface area contributed by atoms with Gasteiger partial charge in [-0.15, -0.1) is 0 Å². The fourth-order valence-corrected chi connectivity index (χ4v) is 8.23. The molecule has 1 saturated heterocycles. The zero-order valence-corrected chi connectivity index (χ0v) is 19.3. The number of benzene rings is 1. The number of likely N-dealkylation sites (tertiary alicyclic amines) is 1. The number of piperidine rings is 1. The smallest absolute Gasteiger partial charge is 0.426 e. The molecule has 11 heteroatoms. The largest absolute Gasteiger partial charge is 0.493 e. The first-order valence-electron chi connectivity index (χ1n) is 11.4. The van der Waals surface area contributed by atoms with Gasteiger partial charge in [0, 0.05) is 30.0 Å². The number of fused-ring (bicyclic) bond motifs is 1. The molecule has 4 bridgehead atoms. The van der Waals surface area contributed by atoms with E-state index >= 15 is 0 Å². The highest BCUT2D eigenvalue weighted by atomic mass is 19.4. The molecule has 6 atom stereocenters. The molecule has 35 heavy (non-hydrogen) atoms. The molecule has 1 aromatic carbocycles. The minimum atomic E-state index is -5.99. The van der Waals surface area contributed by atoms with E-state index in [9.17, 15) is 31.4 Å². The minimum Gasteiger partial charge on any atom is -0.493 e. The van der Waals surface area contributed by atoms with E-state index in [-0.39, 0.29) is 6.04 Å². The average Bonchev–Trinajstić information content (AvgIpc) is 3.16. The summed E-state index contributed by atoms with van der Waals surface area (Å²) in [6, 6.07) is 3.23. The van der Waals surface area contributed by atoms with E-state index in [0.29, 0.717) is 30.9 Å². The normalized spacial score (nSPS) is 39.4. The van der Waals surface area contributed by atoms with E-state index in [1.54, 1.807) is 12.1 Å². The average molecular weight is 505 g/mol. The van der Waals surface area contributed by atoms with Gasteiger partial charge in [-0.3, -0.25) is 0 Å². The minimum absolute atomic E-state index is 0.343. The zero-order valence-electron chi connectivity index (χ0n) is 19.3. The molecule has 6 aliphatic rings. The standard InChI is InChI=1S/C24H25F6NO4/c1-31-9-8-20-16-12-4-5-13(33-2)17(16)35-18(20)21(34-3)7-6-19(20,15(31)10-12)11-14(21)22(32,23(25,26)27)24(28,29)30/h4-7,14-15,18,32H,8-11H2,1-3H3/t14-,15?,18?,19+,20?,21+/m0/s1. The molecule has 7 rings (SSSR count). The summed E-state index contributed by atoms with van der Waals surface area (Å²) in [4.78, 5) is 2.00. The molecule has 192 valence electrons. The fourth-order valence-electron chi connectivity index (χ4n) is 8.23. The number of hydrogen-bond donors (Lipinski definition) is 1. The van der Waals surface area contributed by atoms with Crippen LogP contribution in [0.1, 0.15) is 24.0 Å². The van der Waals surface area contributed by atoms with Crippen molar-refractivity contribution < 1.29 is 45.7 Å². The summed E-state index contributed by atoms with van der Waals surface area (Å²) in [6.07, 6.45) is -9.81. The van der Waals surface area contributed by atoms with Crippen LogP contribution in [0.4, 0.5) is 26.3 Å². The maximum atomic E-state index is 14.2. The van der Waals surface area contributed by atoms with Crippen molar-refractivity contribution >= 4 is 0 Å². The number of rotatable bonds is 3. The van der Waals surface area contributed by atoms with Gasteiger partial charge in [0.05, 0.1) is 12.5 Å². The Morgan fingerprint density at radius 2 is 1.77 bits per heavy atom. The van der Waals surface area contributed by atoms with Crippen molar-refractivity contribution in [3.8, 4) is 11.5 Å². The van der Waals surface area contributed by atoms with Gasteiger partial charge in [0.2, 0.25) is 0 Å². The SMILES string of the molecule is COc1ccc2c3c1OC1C34CCN(C)C(C2)[C@]42C=C[C@@]1(OC)[C@@H](C(O)(C(F)(F)F)C(F)(F)F)C2. The van der Waals surface area contributed by atoms with E-state index in [1.165, 1.54) is 13.2 Å². The Balaban J connectivity index is 1.68. The van der Waals surface area contributed by atoms with Gasteiger partial charge < -0.3 is 24.2 Å². The Bertz CT molecular complexity index is 1120. The van der Waals surface area contributed by atoms with Crippen LogP contribution in [-0.2, 0) is 16.6 Å². The molecule has 2 heterocycles. The Kier molecular flexibility index (Phi) is 4.33. The number of methoxy groups -OCH3 is 2. The van der Waals surface area contributed by atoms with Gasteiger partial charge >= 0.3 is 12.4 Å². The van der Waals surface area contributed by atoms with E-state index in [1.807, 2.05) is 18.0 Å². The van der Waals surface area contributed by atoms with Gasteiger partial charge in [0.25, 0.3) is 5.60 Å². The van der Waals surface area contributed by atoms with E-state index in [4.69, 9.17) is 14.2 Å². The second kappa shape index (κ2) is 6.47. The monoisotopic (exact) mass is 505 g/mol. The third kappa shape index (κ3) is 2.26. The predicted molar refractivity (Wildman–Crippen MR) is 110 cm³/mol. The summed E-state index contributed by atoms with van der Waals surface area (Å²) >= 11 is 0. The molecule has 4 aliphatic carbocycles. The molecule has 0 amide bonds. The summed E-state index contributed by atoms with van der Waals surface area (Å²) in [5.41, 5.74) is -7.49. The van der Waals surface area contributed by atoms with Crippen LogP contribution >= 0.6 is 0 Å². The predicted octanol–water partition coefficient (Wildman–Crippen LogP) is 3.77. The summed E-state index contributed by atoms with van der Waals surface area (Å²) in [5.74, 6) is -1.67. The first-order valence-corrected chi connectivity index (χ1v) is 11.4. The Morgan fingerprint density at radius 3 is 2.37 bits per heavy atom. The van der Waals surface area contributed by atoms with Crippen LogP contribution in [0.3, 0.4) is 0 Å². The van der Waals surface area contributed by atoms with Gasteiger partial charge in [-0.2, -0.15) is 26.3 Å². The number of likely N-dealkylation sites (N-methyl/N-ethyl adjacent to an activating group) is 1. The van der Waals surface area contributed by atoms with Gasteiger partial charge in [0.1, 0.15) is 11.7 Å². The van der Waals surface area contributed by atoms with Crippen molar-refractivity contribution in [1.29, 1.82) is 0 Å². The van der Waals surface area contributed by atoms with E-state index in [2.05, 4.69) is 0 Å². The van der Waals surface area contributed by atoms with Gasteiger partial charge in [-0.05, 0) is 44.5 Å². The van der Waals surface area contributed by atoms with Gasteiger partial charge in [0.15, 0.2) is 11.5 Å². The number of halogens is 6. The molecule has 5 nitrogen and oxygen atoms in total. The highest BCUT2D eigenvalue weighted by Gasteiger charge is 2.86. The van der Waals surface area contributed by atoms with Crippen molar-refractivity contribution in [2.24, 2.45) is 11.3 Å². The number of alkyl halides is 6. The van der Waals surface area contributed by atoms with Crippen molar-refractivity contribution in [3.63, 3.8) is 0 Å². The lowest BCUT2D eigenvalue weighted by Crippen LogP contribution is -2.83. The van der Waals surface area contributed by atoms with Crippen molar-refractivity contribution in [3.05, 3.63) is 35.4 Å². The van der Waals surface area contributed by atoms with Crippen LogP contribution in [0.15, 0.2) is 24.3 Å². The highest BCUT2D eigenvalue weighted by molar-refractivity contribution is 5.65. The summed E-state index contributed by atoms with van der Waals surface area (Å²) in [6.45, 7) is 0.587. The molecular weight excluding hydrogens is 480 g/mol. The lowest BCUT2D eigenvalue weighted by atomic mass is 9.36. The highest BCUT2D eigenvalue weighted by Crippen LogP contribution is 2.76. The number of hydrogen-bond acceptors (Lipinski definition) is 5. The maximum absolute atomic E-state index is 14.2. The van der Waals surface area contributed by atoms with Crippen molar-refractivity contribution in [2.75, 3.05) is 27.8 Å². The van der Waals surface area contributed by atoms with Crippen molar-refractivity contribution in [2.45, 2.75) is 60.4 Å². The molecule has 1 saturated carbocycles. The quantitative estimate of drug-likeness (QED) is 0.501. The molecular formula is C24H25F6NO4. The van der Waals surface area contributed by atoms with Crippen LogP contribution in [-0.4, -0.2) is 73.5 Å². The number of aliphatic hydroxyl groups is 1. The fraction of sp³-hybridized carbons (Fsp3) is 0.667. The summed E-state index contributed by atoms with van der Waals surface area (Å²) in [5, 5.41) is 10.7. The molecule has 0 radical (unpaired) electrons. The second-order valence-electron chi connectivity index (χ2n) is 10.5. The summed E-state index contributed by atoms with van der Waals surface area (Å²) < 4.78 is 103.